The zero-order valence-electron chi connectivity index (χ0n) is 8.70. The van der Waals surface area contributed by atoms with Gasteiger partial charge in [0.1, 0.15) is 0 Å². The molecule has 0 bridgehead atoms. The van der Waals surface area contributed by atoms with Crippen molar-refractivity contribution in [2.24, 2.45) is 0 Å². The summed E-state index contributed by atoms with van der Waals surface area (Å²) in [5.74, 6) is 0. The van der Waals surface area contributed by atoms with Crippen molar-refractivity contribution in [1.82, 2.24) is 4.98 Å². The Morgan fingerprint density at radius 1 is 1.00 bits per heavy atom. The second-order valence-corrected chi connectivity index (χ2v) is 3.52. The van der Waals surface area contributed by atoms with Gasteiger partial charge in [-0.1, -0.05) is 30.3 Å². The molecule has 2 N–H and O–H groups in total. The maximum atomic E-state index is 12.9. The topological polar surface area (TPSA) is 38.9 Å². The molecule has 5 heteroatoms. The largest absolute Gasteiger partial charge is 0.419 e. The number of alkyl halides is 3. The lowest BCUT2D eigenvalue weighted by Crippen LogP contribution is -2.11. The molecule has 88 valence electrons. The van der Waals surface area contributed by atoms with E-state index in [1.807, 2.05) is 0 Å². The summed E-state index contributed by atoms with van der Waals surface area (Å²) in [6.07, 6.45) is -2.30. The highest BCUT2D eigenvalue weighted by atomic mass is 19.4. The normalized spacial score (nSPS) is 11.5. The summed E-state index contributed by atoms with van der Waals surface area (Å²) in [5.41, 5.74) is 4.61. The number of benzene rings is 1. The third-order valence-electron chi connectivity index (χ3n) is 2.34. The van der Waals surface area contributed by atoms with Gasteiger partial charge < -0.3 is 5.73 Å². The highest BCUT2D eigenvalue weighted by Gasteiger charge is 2.36. The van der Waals surface area contributed by atoms with Crippen molar-refractivity contribution in [3.8, 4) is 11.1 Å². The number of nitrogens with two attached hydrogens (primary N) is 1. The summed E-state index contributed by atoms with van der Waals surface area (Å²) >= 11 is 0. The molecule has 2 aromatic rings. The number of anilines is 1. The smallest absolute Gasteiger partial charge is 0.397 e. The van der Waals surface area contributed by atoms with Gasteiger partial charge in [-0.2, -0.15) is 13.2 Å². The van der Waals surface area contributed by atoms with Gasteiger partial charge in [0.05, 0.1) is 17.4 Å². The Labute approximate surface area is 95.9 Å². The molecule has 0 unspecified atom stereocenters. The Hall–Kier alpha value is -2.04. The predicted octanol–water partition coefficient (Wildman–Crippen LogP) is 3.35. The van der Waals surface area contributed by atoms with E-state index in [4.69, 9.17) is 5.73 Å². The lowest BCUT2D eigenvalue weighted by Gasteiger charge is -2.14. The van der Waals surface area contributed by atoms with E-state index in [2.05, 4.69) is 4.98 Å². The minimum absolute atomic E-state index is 0.00176. The Morgan fingerprint density at radius 3 is 2.24 bits per heavy atom. The number of hydrogen-bond donors (Lipinski definition) is 1. The molecule has 0 amide bonds. The standard InChI is InChI=1S/C12H9F3N2/c13-12(14,15)11-9(6-17-7-10(11)16)8-4-2-1-3-5-8/h1-7H,16H2. The molecule has 0 fully saturated rings. The van der Waals surface area contributed by atoms with Gasteiger partial charge in [-0.15, -0.1) is 0 Å². The monoisotopic (exact) mass is 238 g/mol. The van der Waals surface area contributed by atoms with E-state index in [9.17, 15) is 13.2 Å². The van der Waals surface area contributed by atoms with Crippen molar-refractivity contribution in [1.29, 1.82) is 0 Å². The lowest BCUT2D eigenvalue weighted by atomic mass is 10.0. The van der Waals surface area contributed by atoms with Crippen LogP contribution in [-0.2, 0) is 6.18 Å². The molecule has 0 saturated heterocycles. The van der Waals surface area contributed by atoms with Crippen LogP contribution < -0.4 is 5.73 Å². The summed E-state index contributed by atoms with van der Waals surface area (Å²) < 4.78 is 38.7. The van der Waals surface area contributed by atoms with E-state index < -0.39 is 11.7 Å². The first-order chi connectivity index (χ1) is 8.00. The summed E-state index contributed by atoms with van der Waals surface area (Å²) in [6, 6.07) is 8.24. The Morgan fingerprint density at radius 2 is 1.65 bits per heavy atom. The number of pyridine rings is 1. The lowest BCUT2D eigenvalue weighted by molar-refractivity contribution is -0.136. The molecule has 2 nitrogen and oxygen atoms in total. The molecule has 1 aromatic carbocycles. The van der Waals surface area contributed by atoms with Gasteiger partial charge in [-0.05, 0) is 5.56 Å². The van der Waals surface area contributed by atoms with Crippen LogP contribution in [0.3, 0.4) is 0 Å². The zero-order chi connectivity index (χ0) is 12.5. The highest BCUT2D eigenvalue weighted by Crippen LogP contribution is 2.39. The summed E-state index contributed by atoms with van der Waals surface area (Å²) in [7, 11) is 0. The maximum Gasteiger partial charge on any atom is 0.419 e. The molecule has 1 aromatic heterocycles. The molecule has 0 atom stereocenters. The average molecular weight is 238 g/mol. The van der Waals surface area contributed by atoms with Crippen molar-refractivity contribution < 1.29 is 13.2 Å². The predicted molar refractivity (Wildman–Crippen MR) is 59.1 cm³/mol. The zero-order valence-corrected chi connectivity index (χ0v) is 8.70. The maximum absolute atomic E-state index is 12.9. The molecule has 17 heavy (non-hydrogen) atoms. The van der Waals surface area contributed by atoms with Crippen LogP contribution in [0.1, 0.15) is 5.56 Å². The molecular formula is C12H9F3N2. The van der Waals surface area contributed by atoms with E-state index in [-0.39, 0.29) is 11.3 Å². The third kappa shape index (κ3) is 2.22. The van der Waals surface area contributed by atoms with E-state index >= 15 is 0 Å². The van der Waals surface area contributed by atoms with E-state index in [1.165, 1.54) is 6.20 Å². The van der Waals surface area contributed by atoms with Crippen LogP contribution in [0.5, 0.6) is 0 Å². The molecule has 2 rings (SSSR count). The van der Waals surface area contributed by atoms with Gasteiger partial charge in [0.25, 0.3) is 0 Å². The Balaban J connectivity index is 2.67. The van der Waals surface area contributed by atoms with Gasteiger partial charge in [-0.25, -0.2) is 0 Å². The quantitative estimate of drug-likeness (QED) is 0.827. The molecule has 1 heterocycles. The third-order valence-corrected chi connectivity index (χ3v) is 2.34. The molecule has 0 saturated carbocycles. The Bertz CT molecular complexity index is 521. The molecule has 0 spiro atoms. The minimum atomic E-state index is -4.49. The number of nitrogen functional groups attached to an aromatic ring is 1. The second-order valence-electron chi connectivity index (χ2n) is 3.52. The van der Waals surface area contributed by atoms with Crippen molar-refractivity contribution >= 4 is 5.69 Å². The van der Waals surface area contributed by atoms with Crippen LogP contribution in [-0.4, -0.2) is 4.98 Å². The summed E-state index contributed by atoms with van der Waals surface area (Å²) in [4.78, 5) is 3.71. The molecule has 0 aliphatic carbocycles. The van der Waals surface area contributed by atoms with Crippen LogP contribution >= 0.6 is 0 Å². The molecule has 0 aliphatic heterocycles. The van der Waals surface area contributed by atoms with Crippen molar-refractivity contribution in [2.75, 3.05) is 5.73 Å². The van der Waals surface area contributed by atoms with Crippen LogP contribution in [0.15, 0.2) is 42.7 Å². The van der Waals surface area contributed by atoms with Crippen LogP contribution in [0, 0.1) is 0 Å². The number of hydrogen-bond acceptors (Lipinski definition) is 2. The second kappa shape index (κ2) is 4.08. The van der Waals surface area contributed by atoms with Gasteiger partial charge in [0.15, 0.2) is 0 Å². The summed E-state index contributed by atoms with van der Waals surface area (Å²) in [6.45, 7) is 0. The summed E-state index contributed by atoms with van der Waals surface area (Å²) in [5, 5.41) is 0. The molecular weight excluding hydrogens is 229 g/mol. The van der Waals surface area contributed by atoms with Gasteiger partial charge in [-0.3, -0.25) is 4.98 Å². The molecule has 0 aliphatic rings. The van der Waals surface area contributed by atoms with Gasteiger partial charge in [0, 0.05) is 11.8 Å². The van der Waals surface area contributed by atoms with Gasteiger partial charge >= 0.3 is 6.18 Å². The fraction of sp³-hybridized carbons (Fsp3) is 0.0833. The van der Waals surface area contributed by atoms with Crippen LogP contribution in [0.25, 0.3) is 11.1 Å². The fourth-order valence-electron chi connectivity index (χ4n) is 1.63. The van der Waals surface area contributed by atoms with Crippen molar-refractivity contribution in [3.63, 3.8) is 0 Å². The van der Waals surface area contributed by atoms with Crippen molar-refractivity contribution in [3.05, 3.63) is 48.3 Å². The first kappa shape index (κ1) is 11.4. The first-order valence-electron chi connectivity index (χ1n) is 4.86. The van der Waals surface area contributed by atoms with Crippen LogP contribution in [0.2, 0.25) is 0 Å². The van der Waals surface area contributed by atoms with Crippen LogP contribution in [0.4, 0.5) is 18.9 Å². The fourth-order valence-corrected chi connectivity index (χ4v) is 1.63. The van der Waals surface area contributed by atoms with E-state index in [0.717, 1.165) is 6.20 Å². The number of rotatable bonds is 1. The van der Waals surface area contributed by atoms with E-state index in [1.54, 1.807) is 30.3 Å². The highest BCUT2D eigenvalue weighted by molar-refractivity contribution is 5.72. The number of nitrogens with zero attached hydrogens (tertiary/aromatic N) is 1. The minimum Gasteiger partial charge on any atom is -0.397 e. The van der Waals surface area contributed by atoms with Crippen molar-refractivity contribution in [2.45, 2.75) is 6.18 Å². The van der Waals surface area contributed by atoms with E-state index in [0.29, 0.717) is 5.56 Å². The number of halogens is 3. The first-order valence-corrected chi connectivity index (χ1v) is 4.86. The SMILES string of the molecule is Nc1cncc(-c2ccccc2)c1C(F)(F)F. The Kier molecular flexibility index (Phi) is 2.75. The van der Waals surface area contributed by atoms with Gasteiger partial charge in [0.2, 0.25) is 0 Å². The average Bonchev–Trinajstić information content (AvgIpc) is 2.28. The molecule has 0 radical (unpaired) electrons. The number of aromatic nitrogens is 1.